The molecule has 0 spiro atoms. The van der Waals surface area contributed by atoms with Gasteiger partial charge < -0.3 is 19.6 Å². The molecule has 2 aliphatic rings. The molecule has 0 aliphatic carbocycles. The summed E-state index contributed by atoms with van der Waals surface area (Å²) in [5, 5.41) is 0. The van der Waals surface area contributed by atoms with Gasteiger partial charge in [-0.15, -0.1) is 0 Å². The zero-order valence-electron chi connectivity index (χ0n) is 18.9. The van der Waals surface area contributed by atoms with Crippen LogP contribution in [-0.4, -0.2) is 26.9 Å². The molecule has 0 saturated heterocycles. The fourth-order valence-electron chi connectivity index (χ4n) is 5.04. The molecular formula is C26H30N4S. The summed E-state index contributed by atoms with van der Waals surface area (Å²) in [6.07, 6.45) is 0.218. The molecule has 0 radical (unpaired) electrons. The van der Waals surface area contributed by atoms with E-state index in [9.17, 15) is 0 Å². The fourth-order valence-corrected chi connectivity index (χ4v) is 5.27. The second-order valence-corrected chi connectivity index (χ2v) is 10.2. The predicted octanol–water partition coefficient (Wildman–Crippen LogP) is 6.33. The standard InChI is InChI=1S/C26H30N4S/c1-18-28(5)20-12-7-9-14-22(20)30(18)24-16-10-15-23(25(24)26(2,3)31)29-17-27(4)19-11-6-8-13-21(19)29/h6-16,18,31H,17H2,1-5H3/t18-/m0/s1. The second-order valence-electron chi connectivity index (χ2n) is 9.09. The number of fused-ring (bicyclic) bond motifs is 2. The predicted molar refractivity (Wildman–Crippen MR) is 137 cm³/mol. The van der Waals surface area contributed by atoms with Crippen molar-refractivity contribution >= 4 is 46.8 Å². The van der Waals surface area contributed by atoms with Crippen molar-refractivity contribution in [2.75, 3.05) is 40.4 Å². The van der Waals surface area contributed by atoms with Crippen LogP contribution in [0.2, 0.25) is 0 Å². The molecule has 0 saturated carbocycles. The summed E-state index contributed by atoms with van der Waals surface area (Å²) in [7, 11) is 4.33. The molecule has 31 heavy (non-hydrogen) atoms. The molecule has 0 unspecified atom stereocenters. The van der Waals surface area contributed by atoms with Crippen LogP contribution >= 0.6 is 12.6 Å². The molecule has 3 aromatic carbocycles. The highest BCUT2D eigenvalue weighted by atomic mass is 32.1. The van der Waals surface area contributed by atoms with Crippen LogP contribution in [-0.2, 0) is 4.75 Å². The summed E-state index contributed by atoms with van der Waals surface area (Å²) in [5.41, 5.74) is 8.69. The second kappa shape index (κ2) is 7.13. The molecule has 0 bridgehead atoms. The Morgan fingerprint density at radius 2 is 1.29 bits per heavy atom. The lowest BCUT2D eigenvalue weighted by Gasteiger charge is -2.36. The average Bonchev–Trinajstić information content (AvgIpc) is 3.22. The molecule has 0 fully saturated rings. The first-order valence-corrected chi connectivity index (χ1v) is 11.3. The molecule has 4 nitrogen and oxygen atoms in total. The summed E-state index contributed by atoms with van der Waals surface area (Å²) in [6, 6.07) is 24.0. The Morgan fingerprint density at radius 1 is 0.742 bits per heavy atom. The number of hydrogen-bond acceptors (Lipinski definition) is 5. The number of hydrogen-bond donors (Lipinski definition) is 1. The van der Waals surface area contributed by atoms with Crippen LogP contribution < -0.4 is 19.6 Å². The first-order chi connectivity index (χ1) is 14.8. The Hall–Kier alpha value is -2.79. The molecule has 2 aliphatic heterocycles. The van der Waals surface area contributed by atoms with Gasteiger partial charge in [0.1, 0.15) is 6.17 Å². The molecule has 5 heteroatoms. The van der Waals surface area contributed by atoms with Crippen LogP contribution in [0.3, 0.4) is 0 Å². The number of nitrogens with zero attached hydrogens (tertiary/aromatic N) is 4. The normalized spacial score (nSPS) is 17.9. The van der Waals surface area contributed by atoms with Gasteiger partial charge in [0.05, 0.1) is 29.4 Å². The topological polar surface area (TPSA) is 13.0 Å². The van der Waals surface area contributed by atoms with Crippen molar-refractivity contribution in [3.05, 3.63) is 72.3 Å². The van der Waals surface area contributed by atoms with Crippen LogP contribution in [0.5, 0.6) is 0 Å². The molecule has 3 aromatic rings. The number of para-hydroxylation sites is 4. The van der Waals surface area contributed by atoms with E-state index in [1.807, 2.05) is 0 Å². The zero-order chi connectivity index (χ0) is 21.9. The highest BCUT2D eigenvalue weighted by Crippen LogP contribution is 2.51. The van der Waals surface area contributed by atoms with E-state index in [0.29, 0.717) is 0 Å². The van der Waals surface area contributed by atoms with E-state index in [1.54, 1.807) is 0 Å². The van der Waals surface area contributed by atoms with E-state index in [-0.39, 0.29) is 10.9 Å². The monoisotopic (exact) mass is 430 g/mol. The van der Waals surface area contributed by atoms with Crippen molar-refractivity contribution in [2.45, 2.75) is 31.7 Å². The van der Waals surface area contributed by atoms with E-state index in [1.165, 1.54) is 39.7 Å². The largest absolute Gasteiger partial charge is 0.355 e. The average molecular weight is 431 g/mol. The van der Waals surface area contributed by atoms with Crippen molar-refractivity contribution in [1.82, 2.24) is 0 Å². The van der Waals surface area contributed by atoms with Gasteiger partial charge >= 0.3 is 0 Å². The third-order valence-corrected chi connectivity index (χ3v) is 6.80. The van der Waals surface area contributed by atoms with Gasteiger partial charge in [-0.2, -0.15) is 12.6 Å². The first-order valence-electron chi connectivity index (χ1n) is 10.8. The zero-order valence-corrected chi connectivity index (χ0v) is 19.8. The number of thiol groups is 1. The van der Waals surface area contributed by atoms with Crippen molar-refractivity contribution in [3.8, 4) is 0 Å². The molecule has 0 amide bonds. The summed E-state index contributed by atoms with van der Waals surface area (Å²) >= 11 is 5.10. The summed E-state index contributed by atoms with van der Waals surface area (Å²) < 4.78 is -0.322. The Bertz CT molecular complexity index is 1140. The first kappa shape index (κ1) is 20.1. The lowest BCUT2D eigenvalue weighted by atomic mass is 9.95. The number of benzene rings is 3. The Morgan fingerprint density at radius 3 is 1.97 bits per heavy atom. The number of anilines is 6. The lowest BCUT2D eigenvalue weighted by Crippen LogP contribution is -2.37. The van der Waals surface area contributed by atoms with Crippen molar-refractivity contribution in [1.29, 1.82) is 0 Å². The van der Waals surface area contributed by atoms with Crippen LogP contribution in [0.4, 0.5) is 34.1 Å². The van der Waals surface area contributed by atoms with E-state index >= 15 is 0 Å². The van der Waals surface area contributed by atoms with Crippen LogP contribution in [0.25, 0.3) is 0 Å². The van der Waals surface area contributed by atoms with Crippen LogP contribution in [0.15, 0.2) is 66.7 Å². The molecule has 0 aromatic heterocycles. The van der Waals surface area contributed by atoms with E-state index in [4.69, 9.17) is 12.6 Å². The molecule has 0 N–H and O–H groups in total. The number of rotatable bonds is 3. The highest BCUT2D eigenvalue weighted by Gasteiger charge is 2.37. The fraction of sp³-hybridized carbons (Fsp3) is 0.308. The minimum atomic E-state index is -0.322. The van der Waals surface area contributed by atoms with Crippen molar-refractivity contribution in [2.24, 2.45) is 0 Å². The molecule has 160 valence electrons. The molecule has 2 heterocycles. The SMILES string of the molecule is C[C@H]1N(C)c2ccccc2N1c1cccc(N2CN(C)c3ccccc32)c1C(C)(C)S. The quantitative estimate of drug-likeness (QED) is 0.487. The van der Waals surface area contributed by atoms with Gasteiger partial charge in [0.15, 0.2) is 0 Å². The van der Waals surface area contributed by atoms with Gasteiger partial charge in [0.25, 0.3) is 0 Å². The van der Waals surface area contributed by atoms with E-state index in [0.717, 1.165) is 6.67 Å². The van der Waals surface area contributed by atoms with Crippen LogP contribution in [0.1, 0.15) is 26.3 Å². The van der Waals surface area contributed by atoms with E-state index < -0.39 is 0 Å². The van der Waals surface area contributed by atoms with Gasteiger partial charge in [-0.25, -0.2) is 0 Å². The van der Waals surface area contributed by atoms with E-state index in [2.05, 4.69) is 121 Å². The van der Waals surface area contributed by atoms with Gasteiger partial charge in [0, 0.05) is 35.8 Å². The third-order valence-electron chi connectivity index (χ3n) is 6.58. The minimum Gasteiger partial charge on any atom is -0.355 e. The maximum absolute atomic E-state index is 5.10. The van der Waals surface area contributed by atoms with Crippen molar-refractivity contribution in [3.63, 3.8) is 0 Å². The minimum absolute atomic E-state index is 0.218. The smallest absolute Gasteiger partial charge is 0.103 e. The highest BCUT2D eigenvalue weighted by molar-refractivity contribution is 7.81. The van der Waals surface area contributed by atoms with Gasteiger partial charge in [-0.3, -0.25) is 0 Å². The lowest BCUT2D eigenvalue weighted by molar-refractivity contribution is 0.717. The summed E-state index contributed by atoms with van der Waals surface area (Å²) in [5.74, 6) is 0. The molecule has 1 atom stereocenters. The Kier molecular flexibility index (Phi) is 4.63. The Labute approximate surface area is 191 Å². The van der Waals surface area contributed by atoms with Gasteiger partial charge in [0.2, 0.25) is 0 Å². The molecule has 5 rings (SSSR count). The molecular weight excluding hydrogens is 400 g/mol. The maximum atomic E-state index is 5.10. The Balaban J connectivity index is 1.72. The van der Waals surface area contributed by atoms with Gasteiger partial charge in [-0.1, -0.05) is 30.3 Å². The van der Waals surface area contributed by atoms with Gasteiger partial charge in [-0.05, 0) is 57.2 Å². The van der Waals surface area contributed by atoms with Crippen LogP contribution in [0, 0.1) is 0 Å². The van der Waals surface area contributed by atoms with Crippen molar-refractivity contribution < 1.29 is 0 Å². The summed E-state index contributed by atoms with van der Waals surface area (Å²) in [6.45, 7) is 7.48. The summed E-state index contributed by atoms with van der Waals surface area (Å²) in [4.78, 5) is 9.52. The maximum Gasteiger partial charge on any atom is 0.103 e. The third kappa shape index (κ3) is 3.06.